The molecule has 3 aromatic carbocycles. The van der Waals surface area contributed by atoms with Crippen LogP contribution in [0, 0.1) is 0 Å². The molecule has 0 saturated heterocycles. The van der Waals surface area contributed by atoms with E-state index in [9.17, 15) is 9.59 Å². The number of hydrogen-bond donors (Lipinski definition) is 1. The van der Waals surface area contributed by atoms with Crippen molar-refractivity contribution in [3.63, 3.8) is 0 Å². The van der Waals surface area contributed by atoms with E-state index in [1.165, 1.54) is 5.56 Å². The highest BCUT2D eigenvalue weighted by atomic mass is 16.6. The molecule has 166 valence electrons. The number of aryl methyl sites for hydroxylation is 1. The van der Waals surface area contributed by atoms with Crippen LogP contribution in [0.1, 0.15) is 48.2 Å². The lowest BCUT2D eigenvalue weighted by Crippen LogP contribution is -2.26. The zero-order valence-electron chi connectivity index (χ0n) is 18.5. The van der Waals surface area contributed by atoms with E-state index in [1.54, 1.807) is 31.2 Å². The van der Waals surface area contributed by atoms with Crippen LogP contribution in [0.15, 0.2) is 78.9 Å². The van der Waals surface area contributed by atoms with Gasteiger partial charge in [0.05, 0.1) is 0 Å². The fourth-order valence-electron chi connectivity index (χ4n) is 3.12. The smallest absolute Gasteiger partial charge is 0.347 e. The molecule has 0 radical (unpaired) electrons. The quantitative estimate of drug-likeness (QED) is 0.413. The van der Waals surface area contributed by atoms with Gasteiger partial charge in [-0.25, -0.2) is 4.79 Å². The SMILES string of the molecule is CCCCc1ccc(NC(=O)c2ccc(OC(C)C(=O)OCc3ccccc3)cc2)cc1. The number of benzene rings is 3. The molecule has 1 unspecified atom stereocenters. The predicted octanol–water partition coefficient (Wildman–Crippen LogP) is 5.79. The van der Waals surface area contributed by atoms with E-state index < -0.39 is 12.1 Å². The zero-order chi connectivity index (χ0) is 22.8. The first-order valence-corrected chi connectivity index (χ1v) is 10.9. The van der Waals surface area contributed by atoms with E-state index in [4.69, 9.17) is 9.47 Å². The standard InChI is InChI=1S/C27H29NO4/c1-3-4-8-21-11-15-24(16-12-21)28-26(29)23-13-17-25(18-14-23)32-20(2)27(30)31-19-22-9-6-5-7-10-22/h5-7,9-18,20H,3-4,8,19H2,1-2H3,(H,28,29). The fraction of sp³-hybridized carbons (Fsp3) is 0.259. The third-order valence-electron chi connectivity index (χ3n) is 5.02. The Kier molecular flexibility index (Phi) is 8.44. The van der Waals surface area contributed by atoms with Crippen molar-refractivity contribution >= 4 is 17.6 Å². The normalized spacial score (nSPS) is 11.4. The second-order valence-electron chi connectivity index (χ2n) is 7.63. The first kappa shape index (κ1) is 23.1. The average Bonchev–Trinajstić information content (AvgIpc) is 2.83. The van der Waals surface area contributed by atoms with Gasteiger partial charge in [0.1, 0.15) is 12.4 Å². The van der Waals surface area contributed by atoms with E-state index >= 15 is 0 Å². The number of esters is 1. The Labute approximate surface area is 189 Å². The Morgan fingerprint density at radius 3 is 2.22 bits per heavy atom. The molecule has 5 nitrogen and oxygen atoms in total. The van der Waals surface area contributed by atoms with Crippen LogP contribution >= 0.6 is 0 Å². The van der Waals surface area contributed by atoms with E-state index in [1.807, 2.05) is 54.6 Å². The Hall–Kier alpha value is -3.60. The summed E-state index contributed by atoms with van der Waals surface area (Å²) in [5.41, 5.74) is 3.44. The molecule has 0 aliphatic rings. The molecule has 1 atom stereocenters. The molecule has 0 aliphatic heterocycles. The van der Waals surface area contributed by atoms with Crippen molar-refractivity contribution in [2.24, 2.45) is 0 Å². The molecule has 0 fully saturated rings. The summed E-state index contributed by atoms with van der Waals surface area (Å²) in [6, 6.07) is 24.1. The van der Waals surface area contributed by atoms with Crippen LogP contribution in [-0.2, 0) is 22.6 Å². The molecule has 5 heteroatoms. The maximum Gasteiger partial charge on any atom is 0.347 e. The maximum absolute atomic E-state index is 12.5. The van der Waals surface area contributed by atoms with Gasteiger partial charge < -0.3 is 14.8 Å². The highest BCUT2D eigenvalue weighted by Crippen LogP contribution is 2.17. The van der Waals surface area contributed by atoms with Gasteiger partial charge in [0.2, 0.25) is 0 Å². The summed E-state index contributed by atoms with van der Waals surface area (Å²) in [6.07, 6.45) is 2.60. The van der Waals surface area contributed by atoms with E-state index in [2.05, 4.69) is 12.2 Å². The number of hydrogen-bond acceptors (Lipinski definition) is 4. The summed E-state index contributed by atoms with van der Waals surface area (Å²) in [4.78, 5) is 24.7. The predicted molar refractivity (Wildman–Crippen MR) is 126 cm³/mol. The first-order chi connectivity index (χ1) is 15.5. The van der Waals surface area contributed by atoms with Crippen LogP contribution in [0.2, 0.25) is 0 Å². The van der Waals surface area contributed by atoms with E-state index in [0.717, 1.165) is 30.5 Å². The zero-order valence-corrected chi connectivity index (χ0v) is 18.5. The van der Waals surface area contributed by atoms with Crippen LogP contribution in [-0.4, -0.2) is 18.0 Å². The van der Waals surface area contributed by atoms with Gasteiger partial charge in [0.15, 0.2) is 6.10 Å². The summed E-state index contributed by atoms with van der Waals surface area (Å²) in [5.74, 6) is -0.155. The highest BCUT2D eigenvalue weighted by Gasteiger charge is 2.17. The number of rotatable bonds is 10. The van der Waals surface area contributed by atoms with Crippen LogP contribution in [0.25, 0.3) is 0 Å². The second kappa shape index (κ2) is 11.7. The van der Waals surface area contributed by atoms with Crippen LogP contribution in [0.4, 0.5) is 5.69 Å². The van der Waals surface area contributed by atoms with Crippen LogP contribution in [0.3, 0.4) is 0 Å². The Bertz CT molecular complexity index is 998. The van der Waals surface area contributed by atoms with E-state index in [0.29, 0.717) is 11.3 Å². The van der Waals surface area contributed by atoms with Crippen LogP contribution < -0.4 is 10.1 Å². The number of carbonyl (C=O) groups is 2. The molecule has 0 heterocycles. The largest absolute Gasteiger partial charge is 0.479 e. The lowest BCUT2D eigenvalue weighted by atomic mass is 10.1. The average molecular weight is 432 g/mol. The molecular formula is C27H29NO4. The molecule has 1 amide bonds. The number of ether oxygens (including phenoxy) is 2. The number of anilines is 1. The highest BCUT2D eigenvalue weighted by molar-refractivity contribution is 6.04. The van der Waals surface area contributed by atoms with Gasteiger partial charge in [-0.15, -0.1) is 0 Å². The lowest BCUT2D eigenvalue weighted by Gasteiger charge is -2.14. The molecule has 0 aromatic heterocycles. The number of carbonyl (C=O) groups excluding carboxylic acids is 2. The molecule has 32 heavy (non-hydrogen) atoms. The minimum absolute atomic E-state index is 0.200. The van der Waals surface area contributed by atoms with Crippen molar-refractivity contribution in [1.82, 2.24) is 0 Å². The minimum atomic E-state index is -0.760. The summed E-state index contributed by atoms with van der Waals surface area (Å²) in [6.45, 7) is 4.01. The fourth-order valence-corrected chi connectivity index (χ4v) is 3.12. The third-order valence-corrected chi connectivity index (χ3v) is 5.02. The molecule has 3 rings (SSSR count). The molecule has 3 aromatic rings. The molecule has 1 N–H and O–H groups in total. The monoisotopic (exact) mass is 431 g/mol. The summed E-state index contributed by atoms with van der Waals surface area (Å²) in [5, 5.41) is 2.90. The van der Waals surface area contributed by atoms with Gasteiger partial charge in [0.25, 0.3) is 5.91 Å². The lowest BCUT2D eigenvalue weighted by molar-refractivity contribution is -0.152. The van der Waals surface area contributed by atoms with Gasteiger partial charge in [-0.05, 0) is 67.3 Å². The van der Waals surface area contributed by atoms with Gasteiger partial charge >= 0.3 is 5.97 Å². The Morgan fingerprint density at radius 2 is 1.56 bits per heavy atom. The van der Waals surface area contributed by atoms with Crippen LogP contribution in [0.5, 0.6) is 5.75 Å². The Morgan fingerprint density at radius 1 is 0.875 bits per heavy atom. The molecular weight excluding hydrogens is 402 g/mol. The molecule has 0 aliphatic carbocycles. The number of amides is 1. The minimum Gasteiger partial charge on any atom is -0.479 e. The van der Waals surface area contributed by atoms with Crippen molar-refractivity contribution in [3.05, 3.63) is 95.6 Å². The summed E-state index contributed by atoms with van der Waals surface area (Å²) < 4.78 is 10.9. The molecule has 0 saturated carbocycles. The van der Waals surface area contributed by atoms with Crippen molar-refractivity contribution < 1.29 is 19.1 Å². The van der Waals surface area contributed by atoms with Crippen molar-refractivity contribution in [3.8, 4) is 5.75 Å². The number of unbranched alkanes of at least 4 members (excludes halogenated alkanes) is 1. The maximum atomic E-state index is 12.5. The number of nitrogens with one attached hydrogen (secondary N) is 1. The topological polar surface area (TPSA) is 64.6 Å². The van der Waals surface area contributed by atoms with Gasteiger partial charge in [-0.1, -0.05) is 55.8 Å². The van der Waals surface area contributed by atoms with E-state index in [-0.39, 0.29) is 12.5 Å². The van der Waals surface area contributed by atoms with Gasteiger partial charge in [0, 0.05) is 11.3 Å². The third kappa shape index (κ3) is 6.98. The van der Waals surface area contributed by atoms with Crippen molar-refractivity contribution in [1.29, 1.82) is 0 Å². The first-order valence-electron chi connectivity index (χ1n) is 10.9. The second-order valence-corrected chi connectivity index (χ2v) is 7.63. The molecule has 0 bridgehead atoms. The van der Waals surface area contributed by atoms with Crippen molar-refractivity contribution in [2.75, 3.05) is 5.32 Å². The summed E-state index contributed by atoms with van der Waals surface area (Å²) in [7, 11) is 0. The van der Waals surface area contributed by atoms with Gasteiger partial charge in [-0.2, -0.15) is 0 Å². The molecule has 0 spiro atoms. The van der Waals surface area contributed by atoms with Gasteiger partial charge in [-0.3, -0.25) is 4.79 Å². The van der Waals surface area contributed by atoms with Crippen molar-refractivity contribution in [2.45, 2.75) is 45.8 Å². The summed E-state index contributed by atoms with van der Waals surface area (Å²) >= 11 is 0. The Balaban J connectivity index is 1.49.